The van der Waals surface area contributed by atoms with Crippen molar-refractivity contribution in [3.63, 3.8) is 0 Å². The lowest BCUT2D eigenvalue weighted by molar-refractivity contribution is 0.355. The molecule has 0 aliphatic carbocycles. The number of nitrogens with zero attached hydrogens (tertiary/aromatic N) is 1. The molecule has 0 aliphatic heterocycles. The number of aryl methyl sites for hydroxylation is 2. The fraction of sp³-hybridized carbons (Fsp3) is 0.276. The maximum absolute atomic E-state index is 6.37. The first-order valence-corrected chi connectivity index (χ1v) is 11.4. The molecule has 34 heavy (non-hydrogen) atoms. The second kappa shape index (κ2) is 9.26. The van der Waals surface area contributed by atoms with E-state index in [0.29, 0.717) is 17.2 Å². The van der Waals surface area contributed by atoms with Gasteiger partial charge in [-0.3, -0.25) is 4.98 Å². The van der Waals surface area contributed by atoms with Gasteiger partial charge in [0.25, 0.3) is 0 Å². The Morgan fingerprint density at radius 1 is 0.735 bits per heavy atom. The Kier molecular flexibility index (Phi) is 6.38. The molecule has 0 spiro atoms. The van der Waals surface area contributed by atoms with Gasteiger partial charge in [-0.25, -0.2) is 0 Å². The molecule has 0 radical (unpaired) electrons. The second-order valence-corrected chi connectivity index (χ2v) is 9.52. The van der Waals surface area contributed by atoms with Crippen LogP contribution in [0.25, 0.3) is 10.9 Å². The molecule has 0 bridgehead atoms. The molecular formula is C29H32N2O3. The summed E-state index contributed by atoms with van der Waals surface area (Å²) in [6, 6.07) is 18.4. The number of pyridine rings is 1. The molecule has 0 amide bonds. The van der Waals surface area contributed by atoms with Gasteiger partial charge in [-0.15, -0.1) is 0 Å². The molecule has 1 N–H and O–H groups in total. The van der Waals surface area contributed by atoms with Gasteiger partial charge in [-0.2, -0.15) is 0 Å². The zero-order valence-electron chi connectivity index (χ0n) is 20.9. The number of benzene rings is 3. The molecule has 1 heterocycles. The second-order valence-electron chi connectivity index (χ2n) is 9.52. The lowest BCUT2D eigenvalue weighted by Crippen LogP contribution is -2.10. The van der Waals surface area contributed by atoms with Crippen LogP contribution in [0.15, 0.2) is 60.8 Å². The number of rotatable bonds is 6. The van der Waals surface area contributed by atoms with Crippen LogP contribution in [-0.4, -0.2) is 19.2 Å². The molecule has 4 rings (SSSR count). The minimum absolute atomic E-state index is 0.135. The van der Waals surface area contributed by atoms with Gasteiger partial charge < -0.3 is 19.5 Å². The van der Waals surface area contributed by atoms with Crippen molar-refractivity contribution in [2.45, 2.75) is 40.0 Å². The summed E-state index contributed by atoms with van der Waals surface area (Å²) in [5.41, 5.74) is 6.47. The van der Waals surface area contributed by atoms with E-state index in [0.717, 1.165) is 39.2 Å². The Hall–Kier alpha value is -3.73. The van der Waals surface area contributed by atoms with Crippen LogP contribution in [0.5, 0.6) is 23.0 Å². The first-order chi connectivity index (χ1) is 16.2. The Morgan fingerprint density at radius 2 is 1.41 bits per heavy atom. The summed E-state index contributed by atoms with van der Waals surface area (Å²) in [4.78, 5) is 4.46. The summed E-state index contributed by atoms with van der Waals surface area (Å²) < 4.78 is 17.3. The van der Waals surface area contributed by atoms with E-state index in [2.05, 4.69) is 81.3 Å². The van der Waals surface area contributed by atoms with Crippen molar-refractivity contribution in [1.29, 1.82) is 0 Å². The van der Waals surface area contributed by atoms with Crippen LogP contribution in [0.2, 0.25) is 0 Å². The number of nitrogens with one attached hydrogen (secondary N) is 1. The summed E-state index contributed by atoms with van der Waals surface area (Å²) in [5, 5.41) is 4.40. The van der Waals surface area contributed by atoms with Crippen LogP contribution >= 0.6 is 0 Å². The zero-order chi connectivity index (χ0) is 24.5. The fourth-order valence-corrected chi connectivity index (χ4v) is 3.90. The molecule has 3 aromatic carbocycles. The van der Waals surface area contributed by atoms with Gasteiger partial charge in [0, 0.05) is 29.0 Å². The summed E-state index contributed by atoms with van der Waals surface area (Å²) in [7, 11) is 3.24. The number of aromatic nitrogens is 1. The topological polar surface area (TPSA) is 52.6 Å². The molecular weight excluding hydrogens is 424 g/mol. The lowest BCUT2D eigenvalue weighted by atomic mass is 9.87. The number of anilines is 2. The molecule has 176 valence electrons. The summed E-state index contributed by atoms with van der Waals surface area (Å²) in [5.74, 6) is 2.79. The fourth-order valence-electron chi connectivity index (χ4n) is 3.90. The molecule has 5 nitrogen and oxygen atoms in total. The van der Waals surface area contributed by atoms with E-state index in [1.807, 2.05) is 18.2 Å². The van der Waals surface area contributed by atoms with Crippen LogP contribution in [0.1, 0.15) is 37.5 Å². The van der Waals surface area contributed by atoms with E-state index in [9.17, 15) is 0 Å². The first kappa shape index (κ1) is 23.4. The highest BCUT2D eigenvalue weighted by Crippen LogP contribution is 2.38. The Morgan fingerprint density at radius 3 is 2.06 bits per heavy atom. The van der Waals surface area contributed by atoms with Crippen LogP contribution in [0.3, 0.4) is 0 Å². The van der Waals surface area contributed by atoms with Crippen molar-refractivity contribution in [3.8, 4) is 23.0 Å². The quantitative estimate of drug-likeness (QED) is 0.322. The van der Waals surface area contributed by atoms with Gasteiger partial charge in [0.05, 0.1) is 19.7 Å². The van der Waals surface area contributed by atoms with Crippen molar-refractivity contribution in [3.05, 3.63) is 77.5 Å². The molecule has 4 aromatic rings. The molecule has 1 aromatic heterocycles. The minimum atomic E-state index is 0.135. The van der Waals surface area contributed by atoms with Gasteiger partial charge in [0.1, 0.15) is 11.5 Å². The maximum atomic E-state index is 6.37. The van der Waals surface area contributed by atoms with E-state index in [1.165, 1.54) is 5.56 Å². The normalized spacial score (nSPS) is 11.4. The molecule has 0 saturated carbocycles. The van der Waals surface area contributed by atoms with Crippen LogP contribution in [-0.2, 0) is 5.41 Å². The smallest absolute Gasteiger partial charge is 0.162 e. The van der Waals surface area contributed by atoms with E-state index in [-0.39, 0.29) is 5.41 Å². The van der Waals surface area contributed by atoms with Crippen molar-refractivity contribution >= 4 is 22.3 Å². The number of methoxy groups -OCH3 is 2. The average Bonchev–Trinajstić information content (AvgIpc) is 2.81. The predicted octanol–water partition coefficient (Wildman–Crippen LogP) is 7.70. The van der Waals surface area contributed by atoms with Crippen LogP contribution < -0.4 is 19.5 Å². The van der Waals surface area contributed by atoms with Gasteiger partial charge in [0.2, 0.25) is 0 Å². The third-order valence-corrected chi connectivity index (χ3v) is 5.98. The third kappa shape index (κ3) is 4.79. The zero-order valence-corrected chi connectivity index (χ0v) is 20.9. The maximum Gasteiger partial charge on any atom is 0.162 e. The number of hydrogen-bond donors (Lipinski definition) is 1. The molecule has 0 unspecified atom stereocenters. The van der Waals surface area contributed by atoms with Crippen molar-refractivity contribution in [2.24, 2.45) is 0 Å². The monoisotopic (exact) mass is 456 g/mol. The van der Waals surface area contributed by atoms with Crippen molar-refractivity contribution < 1.29 is 14.2 Å². The molecule has 5 heteroatoms. The molecule has 0 saturated heterocycles. The highest BCUT2D eigenvalue weighted by molar-refractivity contribution is 5.88. The minimum Gasteiger partial charge on any atom is -0.493 e. The van der Waals surface area contributed by atoms with Gasteiger partial charge in [0.15, 0.2) is 11.5 Å². The van der Waals surface area contributed by atoms with Gasteiger partial charge in [-0.1, -0.05) is 32.9 Å². The number of ether oxygens (including phenoxy) is 3. The third-order valence-electron chi connectivity index (χ3n) is 5.98. The van der Waals surface area contributed by atoms with Crippen LogP contribution in [0, 0.1) is 13.8 Å². The number of hydrogen-bond acceptors (Lipinski definition) is 5. The van der Waals surface area contributed by atoms with E-state index in [4.69, 9.17) is 14.2 Å². The SMILES string of the molecule is COc1cc2nccc(Oc3cc(C)c(Nc4ccc(C(C)(C)C)cc4)cc3C)c2cc1OC. The van der Waals surface area contributed by atoms with E-state index in [1.54, 1.807) is 20.4 Å². The van der Waals surface area contributed by atoms with Crippen molar-refractivity contribution in [1.82, 2.24) is 4.98 Å². The van der Waals surface area contributed by atoms with Crippen LogP contribution in [0.4, 0.5) is 11.4 Å². The number of fused-ring (bicyclic) bond motifs is 1. The Bertz CT molecular complexity index is 1320. The standard InChI is InChI=1S/C29H32N2O3/c1-18-15-26(19(2)14-23(18)31-21-10-8-20(9-11-21)29(3,4)5)34-25-12-13-30-24-17-28(33-7)27(32-6)16-22(24)25/h8-17,31H,1-7H3. The largest absolute Gasteiger partial charge is 0.493 e. The summed E-state index contributed by atoms with van der Waals surface area (Å²) >= 11 is 0. The average molecular weight is 457 g/mol. The first-order valence-electron chi connectivity index (χ1n) is 11.4. The summed E-state index contributed by atoms with van der Waals surface area (Å²) in [6.07, 6.45) is 1.74. The van der Waals surface area contributed by atoms with E-state index < -0.39 is 0 Å². The van der Waals surface area contributed by atoms with Crippen molar-refractivity contribution in [2.75, 3.05) is 19.5 Å². The molecule has 0 atom stereocenters. The summed E-state index contributed by atoms with van der Waals surface area (Å²) in [6.45, 7) is 10.8. The Balaban J connectivity index is 1.62. The Labute approximate surface area is 201 Å². The molecule has 0 aliphatic rings. The van der Waals surface area contributed by atoms with Gasteiger partial charge in [-0.05, 0) is 72.4 Å². The predicted molar refractivity (Wildman–Crippen MR) is 139 cm³/mol. The lowest BCUT2D eigenvalue weighted by Gasteiger charge is -2.20. The highest BCUT2D eigenvalue weighted by Gasteiger charge is 2.15. The van der Waals surface area contributed by atoms with Gasteiger partial charge >= 0.3 is 0 Å². The molecule has 0 fully saturated rings. The van der Waals surface area contributed by atoms with E-state index >= 15 is 0 Å². The highest BCUT2D eigenvalue weighted by atomic mass is 16.5.